The number of methoxy groups -OCH3 is 3. The van der Waals surface area contributed by atoms with Crippen molar-refractivity contribution >= 4 is 0 Å². The highest BCUT2D eigenvalue weighted by atomic mass is 16.5. The summed E-state index contributed by atoms with van der Waals surface area (Å²) in [6.45, 7) is 7.40. The van der Waals surface area contributed by atoms with E-state index in [2.05, 4.69) is 26.1 Å². The summed E-state index contributed by atoms with van der Waals surface area (Å²) in [7, 11) is 5.13. The van der Waals surface area contributed by atoms with Crippen molar-refractivity contribution in [1.29, 1.82) is 0 Å². The van der Waals surface area contributed by atoms with E-state index >= 15 is 0 Å². The smallest absolute Gasteiger partial charge is 0.127 e. The topological polar surface area (TPSA) is 39.7 Å². The van der Waals surface area contributed by atoms with Gasteiger partial charge < -0.3 is 19.5 Å². The van der Waals surface area contributed by atoms with Crippen LogP contribution >= 0.6 is 0 Å². The normalized spacial score (nSPS) is 14.0. The van der Waals surface area contributed by atoms with Crippen LogP contribution in [0.2, 0.25) is 0 Å². The van der Waals surface area contributed by atoms with E-state index in [-0.39, 0.29) is 12.1 Å². The maximum absolute atomic E-state index is 5.75. The molecule has 0 saturated carbocycles. The van der Waals surface area contributed by atoms with Gasteiger partial charge in [-0.1, -0.05) is 26.8 Å². The highest BCUT2D eigenvalue weighted by molar-refractivity contribution is 5.47. The Morgan fingerprint density at radius 1 is 1.05 bits per heavy atom. The van der Waals surface area contributed by atoms with Gasteiger partial charge in [-0.05, 0) is 31.0 Å². The largest absolute Gasteiger partial charge is 0.496 e. The van der Waals surface area contributed by atoms with Crippen molar-refractivity contribution in [3.05, 3.63) is 23.8 Å². The second-order valence-electron chi connectivity index (χ2n) is 5.45. The minimum absolute atomic E-state index is 0.0287. The summed E-state index contributed by atoms with van der Waals surface area (Å²) in [5.41, 5.74) is 1.02. The number of benzene rings is 1. The number of ether oxygens (including phenoxy) is 3. The Morgan fingerprint density at radius 3 is 2.00 bits per heavy atom. The van der Waals surface area contributed by atoms with Crippen molar-refractivity contribution in [2.75, 3.05) is 27.9 Å². The molecule has 0 saturated heterocycles. The highest BCUT2D eigenvalue weighted by Crippen LogP contribution is 2.37. The second kappa shape index (κ2) is 8.90. The van der Waals surface area contributed by atoms with E-state index in [0.29, 0.717) is 5.92 Å². The molecule has 0 aliphatic carbocycles. The van der Waals surface area contributed by atoms with Crippen molar-refractivity contribution in [2.24, 2.45) is 5.92 Å². The summed E-state index contributed by atoms with van der Waals surface area (Å²) in [5.74, 6) is 2.02. The molecule has 1 aromatic rings. The molecule has 0 heterocycles. The molecule has 2 unspecified atom stereocenters. The van der Waals surface area contributed by atoms with Crippen LogP contribution in [0.25, 0.3) is 0 Å². The van der Waals surface area contributed by atoms with E-state index in [1.807, 2.05) is 18.2 Å². The van der Waals surface area contributed by atoms with Gasteiger partial charge in [0.2, 0.25) is 0 Å². The molecule has 1 N–H and O–H groups in total. The standard InChI is InChI=1S/C17H29NO3/c1-7-11-18-16(17(21-6)12(2)3)15-13(19-4)9-8-10-14(15)20-5/h8-10,12,16-18H,7,11H2,1-6H3. The number of hydrogen-bond acceptors (Lipinski definition) is 4. The zero-order valence-electron chi connectivity index (χ0n) is 14.1. The van der Waals surface area contributed by atoms with Gasteiger partial charge in [-0.2, -0.15) is 0 Å². The fourth-order valence-corrected chi connectivity index (χ4v) is 2.66. The van der Waals surface area contributed by atoms with Gasteiger partial charge in [-0.15, -0.1) is 0 Å². The third kappa shape index (κ3) is 4.35. The summed E-state index contributed by atoms with van der Waals surface area (Å²) in [6.07, 6.45) is 1.10. The maximum Gasteiger partial charge on any atom is 0.127 e. The van der Waals surface area contributed by atoms with Crippen LogP contribution in [0.15, 0.2) is 18.2 Å². The lowest BCUT2D eigenvalue weighted by molar-refractivity contribution is 0.0313. The lowest BCUT2D eigenvalue weighted by Crippen LogP contribution is -2.37. The minimum atomic E-state index is 0.0287. The molecule has 0 amide bonds. The van der Waals surface area contributed by atoms with E-state index in [1.165, 1.54) is 0 Å². The van der Waals surface area contributed by atoms with Crippen LogP contribution < -0.4 is 14.8 Å². The Hall–Kier alpha value is -1.26. The predicted molar refractivity (Wildman–Crippen MR) is 86.2 cm³/mol. The van der Waals surface area contributed by atoms with Gasteiger partial charge in [-0.25, -0.2) is 0 Å². The van der Waals surface area contributed by atoms with Crippen molar-refractivity contribution in [2.45, 2.75) is 39.3 Å². The third-order valence-electron chi connectivity index (χ3n) is 3.65. The van der Waals surface area contributed by atoms with Crippen molar-refractivity contribution in [1.82, 2.24) is 5.32 Å². The first kappa shape index (κ1) is 17.8. The summed E-state index contributed by atoms with van der Waals surface area (Å²) in [4.78, 5) is 0. The molecule has 2 atom stereocenters. The van der Waals surface area contributed by atoms with Gasteiger partial charge in [0.1, 0.15) is 11.5 Å². The number of rotatable bonds is 9. The minimum Gasteiger partial charge on any atom is -0.496 e. The quantitative estimate of drug-likeness (QED) is 0.758. The molecule has 0 aromatic heterocycles. The van der Waals surface area contributed by atoms with Crippen LogP contribution in [0.5, 0.6) is 11.5 Å². The van der Waals surface area contributed by atoms with Gasteiger partial charge in [0.25, 0.3) is 0 Å². The molecule has 1 rings (SSSR count). The Kier molecular flexibility index (Phi) is 7.54. The Morgan fingerprint density at radius 2 is 1.62 bits per heavy atom. The first-order valence-corrected chi connectivity index (χ1v) is 7.57. The molecule has 0 aliphatic heterocycles. The lowest BCUT2D eigenvalue weighted by Gasteiger charge is -2.32. The van der Waals surface area contributed by atoms with Crippen molar-refractivity contribution in [3.63, 3.8) is 0 Å². The first-order valence-electron chi connectivity index (χ1n) is 7.57. The molecular weight excluding hydrogens is 266 g/mol. The summed E-state index contributed by atoms with van der Waals surface area (Å²) < 4.78 is 16.8. The Balaban J connectivity index is 3.30. The van der Waals surface area contributed by atoms with Crippen LogP contribution in [-0.4, -0.2) is 34.0 Å². The maximum atomic E-state index is 5.75. The molecule has 1 aromatic carbocycles. The fourth-order valence-electron chi connectivity index (χ4n) is 2.66. The van der Waals surface area contributed by atoms with Gasteiger partial charge >= 0.3 is 0 Å². The van der Waals surface area contributed by atoms with Gasteiger partial charge in [0.15, 0.2) is 0 Å². The third-order valence-corrected chi connectivity index (χ3v) is 3.65. The van der Waals surface area contributed by atoms with Crippen LogP contribution in [-0.2, 0) is 4.74 Å². The van der Waals surface area contributed by atoms with E-state index in [0.717, 1.165) is 30.0 Å². The van der Waals surface area contributed by atoms with Gasteiger partial charge in [0, 0.05) is 7.11 Å². The molecule has 120 valence electrons. The fraction of sp³-hybridized carbons (Fsp3) is 0.647. The molecule has 0 spiro atoms. The molecular formula is C17H29NO3. The lowest BCUT2D eigenvalue weighted by atomic mass is 9.92. The zero-order chi connectivity index (χ0) is 15.8. The van der Waals surface area contributed by atoms with Crippen molar-refractivity contribution < 1.29 is 14.2 Å². The molecule has 4 nitrogen and oxygen atoms in total. The molecule has 4 heteroatoms. The number of nitrogens with one attached hydrogen (secondary N) is 1. The average Bonchev–Trinajstić information content (AvgIpc) is 2.50. The summed E-state index contributed by atoms with van der Waals surface area (Å²) in [6, 6.07) is 5.90. The monoisotopic (exact) mass is 295 g/mol. The molecule has 0 fully saturated rings. The van der Waals surface area contributed by atoms with Gasteiger partial charge in [0.05, 0.1) is 31.9 Å². The van der Waals surface area contributed by atoms with Crippen molar-refractivity contribution in [3.8, 4) is 11.5 Å². The molecule has 0 bridgehead atoms. The zero-order valence-corrected chi connectivity index (χ0v) is 14.1. The summed E-state index contributed by atoms with van der Waals surface area (Å²) in [5, 5.41) is 3.58. The first-order chi connectivity index (χ1) is 10.1. The average molecular weight is 295 g/mol. The molecule has 0 radical (unpaired) electrons. The van der Waals surface area contributed by atoms with E-state index < -0.39 is 0 Å². The Bertz CT molecular complexity index is 398. The van der Waals surface area contributed by atoms with E-state index in [4.69, 9.17) is 14.2 Å². The second-order valence-corrected chi connectivity index (χ2v) is 5.45. The van der Waals surface area contributed by atoms with E-state index in [9.17, 15) is 0 Å². The molecule has 21 heavy (non-hydrogen) atoms. The molecule has 0 aliphatic rings. The van der Waals surface area contributed by atoms with Crippen LogP contribution in [0.1, 0.15) is 38.8 Å². The van der Waals surface area contributed by atoms with Crippen LogP contribution in [0.4, 0.5) is 0 Å². The SMILES string of the molecule is CCCNC(c1c(OC)cccc1OC)C(OC)C(C)C. The number of hydrogen-bond donors (Lipinski definition) is 1. The van der Waals surface area contributed by atoms with Crippen LogP contribution in [0, 0.1) is 5.92 Å². The summed E-state index contributed by atoms with van der Waals surface area (Å²) >= 11 is 0. The van der Waals surface area contributed by atoms with E-state index in [1.54, 1.807) is 21.3 Å². The van der Waals surface area contributed by atoms with Gasteiger partial charge in [-0.3, -0.25) is 0 Å². The Labute approximate surface area is 128 Å². The highest BCUT2D eigenvalue weighted by Gasteiger charge is 2.30. The predicted octanol–water partition coefficient (Wildman–Crippen LogP) is 3.42. The van der Waals surface area contributed by atoms with Crippen LogP contribution in [0.3, 0.4) is 0 Å².